The third-order valence-electron chi connectivity index (χ3n) is 4.44. The molecule has 1 aliphatic carbocycles. The van der Waals surface area contributed by atoms with E-state index in [1.165, 1.54) is 31.2 Å². The number of rotatable bonds is 1. The first kappa shape index (κ1) is 11.7. The van der Waals surface area contributed by atoms with Crippen molar-refractivity contribution in [1.82, 2.24) is 4.90 Å². The Bertz CT molecular complexity index is 389. The van der Waals surface area contributed by atoms with E-state index in [0.29, 0.717) is 12.1 Å². The van der Waals surface area contributed by atoms with Crippen molar-refractivity contribution in [3.63, 3.8) is 0 Å². The van der Waals surface area contributed by atoms with Gasteiger partial charge in [0.05, 0.1) is 6.10 Å². The Morgan fingerprint density at radius 1 is 1.35 bits per heavy atom. The van der Waals surface area contributed by atoms with Crippen molar-refractivity contribution in [3.05, 3.63) is 21.9 Å². The van der Waals surface area contributed by atoms with Crippen LogP contribution in [0.15, 0.2) is 11.4 Å². The van der Waals surface area contributed by atoms with Crippen LogP contribution in [0.25, 0.3) is 0 Å². The lowest BCUT2D eigenvalue weighted by atomic mass is 9.88. The summed E-state index contributed by atoms with van der Waals surface area (Å²) in [5.74, 6) is 0. The predicted molar refractivity (Wildman–Crippen MR) is 71.4 cm³/mol. The highest BCUT2D eigenvalue weighted by atomic mass is 32.1. The van der Waals surface area contributed by atoms with Crippen molar-refractivity contribution < 1.29 is 5.11 Å². The fraction of sp³-hybridized carbons (Fsp3) is 0.714. The minimum Gasteiger partial charge on any atom is -0.391 e. The van der Waals surface area contributed by atoms with Crippen LogP contribution < -0.4 is 0 Å². The molecule has 1 aromatic heterocycles. The van der Waals surface area contributed by atoms with Crippen LogP contribution in [-0.2, 0) is 6.42 Å². The zero-order valence-electron chi connectivity index (χ0n) is 10.4. The SMILES string of the molecule is CC1c2ccsc2CCN1[C@H]1CCCC[C@@H]1O. The van der Waals surface area contributed by atoms with Gasteiger partial charge in [-0.3, -0.25) is 4.90 Å². The van der Waals surface area contributed by atoms with Gasteiger partial charge in [0.15, 0.2) is 0 Å². The lowest BCUT2D eigenvalue weighted by molar-refractivity contribution is -0.00189. The molecule has 2 nitrogen and oxygen atoms in total. The van der Waals surface area contributed by atoms with E-state index < -0.39 is 0 Å². The van der Waals surface area contributed by atoms with E-state index >= 15 is 0 Å². The quantitative estimate of drug-likeness (QED) is 0.829. The lowest BCUT2D eigenvalue weighted by Gasteiger charge is -2.43. The largest absolute Gasteiger partial charge is 0.391 e. The van der Waals surface area contributed by atoms with E-state index in [1.807, 2.05) is 11.3 Å². The van der Waals surface area contributed by atoms with Gasteiger partial charge in [0.1, 0.15) is 0 Å². The molecule has 0 saturated heterocycles. The summed E-state index contributed by atoms with van der Waals surface area (Å²) < 4.78 is 0. The van der Waals surface area contributed by atoms with Crippen LogP contribution in [0.1, 0.15) is 49.1 Å². The van der Waals surface area contributed by atoms with E-state index in [0.717, 1.165) is 13.0 Å². The Labute approximate surface area is 107 Å². The zero-order valence-corrected chi connectivity index (χ0v) is 11.2. The maximum Gasteiger partial charge on any atom is 0.0695 e. The van der Waals surface area contributed by atoms with E-state index in [2.05, 4.69) is 23.3 Å². The van der Waals surface area contributed by atoms with Gasteiger partial charge in [-0.1, -0.05) is 12.8 Å². The maximum absolute atomic E-state index is 10.2. The fourth-order valence-electron chi connectivity index (χ4n) is 3.46. The minimum absolute atomic E-state index is 0.105. The molecule has 2 aliphatic rings. The molecule has 0 aromatic carbocycles. The third kappa shape index (κ3) is 2.05. The summed E-state index contributed by atoms with van der Waals surface area (Å²) in [5, 5.41) is 12.4. The van der Waals surface area contributed by atoms with Crippen molar-refractivity contribution in [3.8, 4) is 0 Å². The molecule has 0 spiro atoms. The monoisotopic (exact) mass is 251 g/mol. The molecule has 3 heteroatoms. The Balaban J connectivity index is 1.81. The zero-order chi connectivity index (χ0) is 11.8. The Hall–Kier alpha value is -0.380. The number of thiophene rings is 1. The van der Waals surface area contributed by atoms with Gasteiger partial charge >= 0.3 is 0 Å². The molecular formula is C14H21NOS. The fourth-order valence-corrected chi connectivity index (χ4v) is 4.42. The van der Waals surface area contributed by atoms with Crippen LogP contribution in [0.5, 0.6) is 0 Å². The van der Waals surface area contributed by atoms with Gasteiger partial charge in [-0.25, -0.2) is 0 Å². The molecule has 3 atom stereocenters. The Morgan fingerprint density at radius 2 is 2.18 bits per heavy atom. The van der Waals surface area contributed by atoms with E-state index in [9.17, 15) is 5.11 Å². The van der Waals surface area contributed by atoms with Crippen molar-refractivity contribution in [2.45, 2.75) is 57.2 Å². The normalized spacial score (nSPS) is 34.6. The number of hydrogen-bond acceptors (Lipinski definition) is 3. The molecule has 1 N–H and O–H groups in total. The average Bonchev–Trinajstić information content (AvgIpc) is 2.80. The molecule has 1 fully saturated rings. The van der Waals surface area contributed by atoms with E-state index in [1.54, 1.807) is 4.88 Å². The molecule has 1 aliphatic heterocycles. The first-order valence-electron chi connectivity index (χ1n) is 6.77. The molecule has 0 bridgehead atoms. The van der Waals surface area contributed by atoms with Gasteiger partial charge in [0.25, 0.3) is 0 Å². The number of nitrogens with zero attached hydrogens (tertiary/aromatic N) is 1. The summed E-state index contributed by atoms with van der Waals surface area (Å²) in [4.78, 5) is 4.10. The van der Waals surface area contributed by atoms with E-state index in [-0.39, 0.29) is 6.10 Å². The third-order valence-corrected chi connectivity index (χ3v) is 5.44. The number of aliphatic hydroxyl groups is 1. The summed E-state index contributed by atoms with van der Waals surface area (Å²) in [6.45, 7) is 3.42. The van der Waals surface area contributed by atoms with Gasteiger partial charge in [-0.2, -0.15) is 0 Å². The highest BCUT2D eigenvalue weighted by Crippen LogP contribution is 2.37. The number of fused-ring (bicyclic) bond motifs is 1. The van der Waals surface area contributed by atoms with Crippen LogP contribution in [0.2, 0.25) is 0 Å². The standard InChI is InChI=1S/C14H21NOS/c1-10-11-7-9-17-14(11)6-8-15(10)12-4-2-3-5-13(12)16/h7,9-10,12-13,16H,2-6,8H2,1H3/t10?,12-,13-/m0/s1. The first-order chi connectivity index (χ1) is 8.27. The summed E-state index contributed by atoms with van der Waals surface area (Å²) in [6.07, 6.45) is 5.70. The van der Waals surface area contributed by atoms with Crippen molar-refractivity contribution in [2.75, 3.05) is 6.54 Å². The van der Waals surface area contributed by atoms with Crippen LogP contribution in [-0.4, -0.2) is 28.7 Å². The maximum atomic E-state index is 10.2. The number of aliphatic hydroxyl groups excluding tert-OH is 1. The summed E-state index contributed by atoms with van der Waals surface area (Å²) in [7, 11) is 0. The van der Waals surface area contributed by atoms with Gasteiger partial charge in [-0.05, 0) is 43.2 Å². The van der Waals surface area contributed by atoms with E-state index in [4.69, 9.17) is 0 Å². The van der Waals surface area contributed by atoms with Gasteiger partial charge < -0.3 is 5.11 Å². The van der Waals surface area contributed by atoms with Gasteiger partial charge in [0.2, 0.25) is 0 Å². The van der Waals surface area contributed by atoms with Crippen molar-refractivity contribution >= 4 is 11.3 Å². The molecule has 17 heavy (non-hydrogen) atoms. The molecule has 2 heterocycles. The molecule has 3 rings (SSSR count). The lowest BCUT2D eigenvalue weighted by Crippen LogP contribution is -2.48. The second-order valence-corrected chi connectivity index (χ2v) is 6.38. The first-order valence-corrected chi connectivity index (χ1v) is 7.65. The summed E-state index contributed by atoms with van der Waals surface area (Å²) in [5.41, 5.74) is 1.50. The van der Waals surface area contributed by atoms with Crippen LogP contribution in [0.4, 0.5) is 0 Å². The van der Waals surface area contributed by atoms with Gasteiger partial charge in [-0.15, -0.1) is 11.3 Å². The predicted octanol–water partition coefficient (Wildman–Crippen LogP) is 2.97. The van der Waals surface area contributed by atoms with Crippen LogP contribution >= 0.6 is 11.3 Å². The van der Waals surface area contributed by atoms with Crippen LogP contribution in [0.3, 0.4) is 0 Å². The van der Waals surface area contributed by atoms with Crippen LogP contribution in [0, 0.1) is 0 Å². The topological polar surface area (TPSA) is 23.5 Å². The second-order valence-electron chi connectivity index (χ2n) is 5.38. The highest BCUT2D eigenvalue weighted by molar-refractivity contribution is 7.10. The Kier molecular flexibility index (Phi) is 3.24. The number of hydrogen-bond donors (Lipinski definition) is 1. The smallest absolute Gasteiger partial charge is 0.0695 e. The summed E-state index contributed by atoms with van der Waals surface area (Å²) in [6, 6.07) is 3.15. The van der Waals surface area contributed by atoms with Crippen molar-refractivity contribution in [2.24, 2.45) is 0 Å². The second kappa shape index (κ2) is 4.71. The molecule has 1 saturated carbocycles. The molecule has 0 amide bonds. The molecule has 94 valence electrons. The molecule has 0 radical (unpaired) electrons. The molecule has 1 aromatic rings. The average molecular weight is 251 g/mol. The van der Waals surface area contributed by atoms with Gasteiger partial charge in [0, 0.05) is 23.5 Å². The highest BCUT2D eigenvalue weighted by Gasteiger charge is 2.34. The molecule has 1 unspecified atom stereocenters. The molecular weight excluding hydrogens is 230 g/mol. The Morgan fingerprint density at radius 3 is 3.00 bits per heavy atom. The summed E-state index contributed by atoms with van der Waals surface area (Å²) >= 11 is 1.89. The van der Waals surface area contributed by atoms with Crippen molar-refractivity contribution in [1.29, 1.82) is 0 Å². The minimum atomic E-state index is -0.105.